The van der Waals surface area contributed by atoms with Crippen molar-refractivity contribution in [2.24, 2.45) is 5.92 Å². The van der Waals surface area contributed by atoms with Gasteiger partial charge in [-0.15, -0.1) is 0 Å². The molecule has 0 spiro atoms. The number of para-hydroxylation sites is 1. The van der Waals surface area contributed by atoms with Crippen LogP contribution in [0.25, 0.3) is 10.9 Å². The van der Waals surface area contributed by atoms with E-state index >= 15 is 0 Å². The molecule has 2 aromatic carbocycles. The second-order valence-electron chi connectivity index (χ2n) is 8.48. The number of hydrogen-bond donors (Lipinski definition) is 1. The summed E-state index contributed by atoms with van der Waals surface area (Å²) in [7, 11) is 0. The lowest BCUT2D eigenvalue weighted by atomic mass is 10.2. The smallest absolute Gasteiger partial charge is 0.262 e. The summed E-state index contributed by atoms with van der Waals surface area (Å²) in [6.07, 6.45) is 0. The maximum Gasteiger partial charge on any atom is 0.262 e. The number of fused-ring (bicyclic) bond motifs is 1. The molecule has 0 saturated carbocycles. The number of thioether (sulfide) groups is 1. The largest absolute Gasteiger partial charge is 0.369 e. The van der Waals surface area contributed by atoms with Gasteiger partial charge in [0.1, 0.15) is 0 Å². The number of anilines is 2. The minimum Gasteiger partial charge on any atom is -0.369 e. The molecule has 0 saturated heterocycles. The lowest BCUT2D eigenvalue weighted by molar-refractivity contribution is -0.113. The highest BCUT2D eigenvalue weighted by molar-refractivity contribution is 7.99. The maximum atomic E-state index is 13.0. The summed E-state index contributed by atoms with van der Waals surface area (Å²) in [4.78, 5) is 32.5. The summed E-state index contributed by atoms with van der Waals surface area (Å²) >= 11 is 1.29. The van der Waals surface area contributed by atoms with Gasteiger partial charge in [-0.05, 0) is 63.1 Å². The molecule has 7 heteroatoms. The summed E-state index contributed by atoms with van der Waals surface area (Å²) in [6, 6.07) is 15.6. The zero-order chi connectivity index (χ0) is 23.3. The van der Waals surface area contributed by atoms with Crippen LogP contribution >= 0.6 is 11.8 Å². The minimum atomic E-state index is -0.127. The molecule has 0 aliphatic carbocycles. The van der Waals surface area contributed by atoms with Crippen LogP contribution in [0.5, 0.6) is 0 Å². The topological polar surface area (TPSA) is 67.2 Å². The average Bonchev–Trinajstić information content (AvgIpc) is 2.76. The van der Waals surface area contributed by atoms with Crippen LogP contribution in [-0.4, -0.2) is 33.8 Å². The number of nitrogens with one attached hydrogen (secondary N) is 1. The molecule has 0 aliphatic heterocycles. The summed E-state index contributed by atoms with van der Waals surface area (Å²) in [5, 5.41) is 4.12. The molecule has 32 heavy (non-hydrogen) atoms. The van der Waals surface area contributed by atoms with E-state index in [1.165, 1.54) is 11.8 Å². The fraction of sp³-hybridized carbons (Fsp3) is 0.400. The predicted octanol–water partition coefficient (Wildman–Crippen LogP) is 5.02. The van der Waals surface area contributed by atoms with E-state index in [1.807, 2.05) is 42.5 Å². The molecule has 1 heterocycles. The number of amides is 1. The molecule has 6 nitrogen and oxygen atoms in total. The van der Waals surface area contributed by atoms with E-state index in [-0.39, 0.29) is 23.1 Å². The van der Waals surface area contributed by atoms with Crippen LogP contribution in [0.1, 0.15) is 34.6 Å². The highest BCUT2D eigenvalue weighted by Crippen LogP contribution is 2.22. The van der Waals surface area contributed by atoms with Crippen molar-refractivity contribution in [2.45, 2.75) is 52.4 Å². The third-order valence-electron chi connectivity index (χ3n) is 5.15. The van der Waals surface area contributed by atoms with Gasteiger partial charge in [-0.1, -0.05) is 37.7 Å². The van der Waals surface area contributed by atoms with E-state index in [2.05, 4.69) is 49.8 Å². The van der Waals surface area contributed by atoms with E-state index in [0.29, 0.717) is 28.6 Å². The van der Waals surface area contributed by atoms with Crippen LogP contribution in [0.4, 0.5) is 11.4 Å². The van der Waals surface area contributed by atoms with Crippen molar-refractivity contribution in [1.29, 1.82) is 0 Å². The highest BCUT2D eigenvalue weighted by atomic mass is 32.2. The minimum absolute atomic E-state index is 0.0616. The van der Waals surface area contributed by atoms with Gasteiger partial charge in [-0.25, -0.2) is 4.98 Å². The molecule has 3 aromatic rings. The molecule has 0 atom stereocenters. The second kappa shape index (κ2) is 10.7. The Kier molecular flexibility index (Phi) is 7.96. The molecule has 3 rings (SSSR count). The Balaban J connectivity index is 1.72. The zero-order valence-corrected chi connectivity index (χ0v) is 20.3. The molecule has 1 N–H and O–H groups in total. The Morgan fingerprint density at radius 2 is 1.78 bits per heavy atom. The van der Waals surface area contributed by atoms with Gasteiger partial charge < -0.3 is 10.2 Å². The van der Waals surface area contributed by atoms with Gasteiger partial charge in [-0.2, -0.15) is 0 Å². The number of carbonyl (C=O) groups excluding carboxylic acids is 1. The SMILES string of the molecule is CCN(c1ccc(NC(=O)CSc2nc3ccccc3c(=O)n2CC(C)C)cc1)C(C)C. The molecule has 0 radical (unpaired) electrons. The lowest BCUT2D eigenvalue weighted by Gasteiger charge is -2.27. The first kappa shape index (κ1) is 23.9. The van der Waals surface area contributed by atoms with Crippen LogP contribution in [0, 0.1) is 5.92 Å². The number of benzene rings is 2. The van der Waals surface area contributed by atoms with Gasteiger partial charge >= 0.3 is 0 Å². The Morgan fingerprint density at radius 1 is 1.09 bits per heavy atom. The van der Waals surface area contributed by atoms with Crippen molar-refractivity contribution >= 4 is 39.9 Å². The number of carbonyl (C=O) groups is 1. The number of rotatable bonds is 9. The van der Waals surface area contributed by atoms with Gasteiger partial charge in [0.05, 0.1) is 16.7 Å². The first-order valence-electron chi connectivity index (χ1n) is 11.1. The van der Waals surface area contributed by atoms with E-state index < -0.39 is 0 Å². The van der Waals surface area contributed by atoms with E-state index in [1.54, 1.807) is 10.6 Å². The van der Waals surface area contributed by atoms with Crippen molar-refractivity contribution in [3.8, 4) is 0 Å². The average molecular weight is 453 g/mol. The zero-order valence-electron chi connectivity index (χ0n) is 19.5. The van der Waals surface area contributed by atoms with Crippen LogP contribution < -0.4 is 15.8 Å². The maximum absolute atomic E-state index is 13.0. The Morgan fingerprint density at radius 3 is 2.41 bits per heavy atom. The Bertz CT molecular complexity index is 1120. The van der Waals surface area contributed by atoms with Gasteiger partial charge in [0, 0.05) is 30.5 Å². The molecular weight excluding hydrogens is 420 g/mol. The fourth-order valence-electron chi connectivity index (χ4n) is 3.69. The van der Waals surface area contributed by atoms with E-state index in [9.17, 15) is 9.59 Å². The molecule has 1 aromatic heterocycles. The second-order valence-corrected chi connectivity index (χ2v) is 9.43. The first-order chi connectivity index (χ1) is 15.3. The van der Waals surface area contributed by atoms with Crippen molar-refractivity contribution in [1.82, 2.24) is 9.55 Å². The lowest BCUT2D eigenvalue weighted by Crippen LogP contribution is -2.30. The molecular formula is C25H32N4O2S. The summed E-state index contributed by atoms with van der Waals surface area (Å²) in [5.41, 5.74) is 2.48. The molecule has 0 unspecified atom stereocenters. The van der Waals surface area contributed by atoms with Crippen molar-refractivity contribution in [2.75, 3.05) is 22.5 Å². The van der Waals surface area contributed by atoms with Crippen molar-refractivity contribution in [3.05, 3.63) is 58.9 Å². The third-order valence-corrected chi connectivity index (χ3v) is 6.13. The number of nitrogens with zero attached hydrogens (tertiary/aromatic N) is 3. The summed E-state index contributed by atoms with van der Waals surface area (Å²) in [5.74, 6) is 0.339. The quantitative estimate of drug-likeness (QED) is 0.365. The van der Waals surface area contributed by atoms with Crippen LogP contribution in [0.2, 0.25) is 0 Å². The Labute approximate surface area is 194 Å². The highest BCUT2D eigenvalue weighted by Gasteiger charge is 2.15. The van der Waals surface area contributed by atoms with Gasteiger partial charge in [0.25, 0.3) is 5.56 Å². The third kappa shape index (κ3) is 5.71. The predicted molar refractivity (Wildman–Crippen MR) is 135 cm³/mol. The normalized spacial score (nSPS) is 11.3. The first-order valence-corrected chi connectivity index (χ1v) is 12.1. The van der Waals surface area contributed by atoms with Crippen LogP contribution in [0.3, 0.4) is 0 Å². The van der Waals surface area contributed by atoms with Gasteiger partial charge in [0.2, 0.25) is 5.91 Å². The summed E-state index contributed by atoms with van der Waals surface area (Å²) < 4.78 is 1.69. The van der Waals surface area contributed by atoms with E-state index in [4.69, 9.17) is 0 Å². The summed E-state index contributed by atoms with van der Waals surface area (Å²) in [6.45, 7) is 12.1. The fourth-order valence-corrected chi connectivity index (χ4v) is 4.50. The molecule has 1 amide bonds. The number of aromatic nitrogens is 2. The molecule has 0 bridgehead atoms. The van der Waals surface area contributed by atoms with Crippen LogP contribution in [-0.2, 0) is 11.3 Å². The Hall–Kier alpha value is -2.80. The molecule has 0 aliphatic rings. The van der Waals surface area contributed by atoms with Crippen molar-refractivity contribution in [3.63, 3.8) is 0 Å². The molecule has 0 fully saturated rings. The number of hydrogen-bond acceptors (Lipinski definition) is 5. The van der Waals surface area contributed by atoms with Gasteiger partial charge in [-0.3, -0.25) is 14.2 Å². The van der Waals surface area contributed by atoms with E-state index in [0.717, 1.165) is 17.9 Å². The monoisotopic (exact) mass is 452 g/mol. The van der Waals surface area contributed by atoms with Gasteiger partial charge in [0.15, 0.2) is 5.16 Å². The standard InChI is InChI=1S/C25H32N4O2S/c1-6-28(18(4)5)20-13-11-19(12-14-20)26-23(30)16-32-25-27-22-10-8-7-9-21(22)24(31)29(25)15-17(2)3/h7-14,17-18H,6,15-16H2,1-5H3,(H,26,30). The molecule has 170 valence electrons. The van der Waals surface area contributed by atoms with Crippen molar-refractivity contribution < 1.29 is 4.79 Å². The van der Waals surface area contributed by atoms with Crippen LogP contribution in [0.15, 0.2) is 58.5 Å².